The van der Waals surface area contributed by atoms with Gasteiger partial charge in [-0.1, -0.05) is 13.3 Å². The molecule has 2 nitrogen and oxygen atoms in total. The van der Waals surface area contributed by atoms with E-state index in [2.05, 4.69) is 18.9 Å². The molecule has 2 heteroatoms. The fourth-order valence-electron chi connectivity index (χ4n) is 5.11. The summed E-state index contributed by atoms with van der Waals surface area (Å²) in [6.45, 7) is 4.08. The molecule has 2 heterocycles. The SMILES string of the molecule is CC(=O)C12C(C)C(C3CCCC31)N2C. The third-order valence-electron chi connectivity index (χ3n) is 5.37. The molecular weight excluding hydrogens is 174 g/mol. The van der Waals surface area contributed by atoms with Crippen LogP contribution >= 0.6 is 0 Å². The summed E-state index contributed by atoms with van der Waals surface area (Å²) in [5, 5.41) is 0. The lowest BCUT2D eigenvalue weighted by atomic mass is 9.70. The summed E-state index contributed by atoms with van der Waals surface area (Å²) in [5.74, 6) is 2.54. The first-order chi connectivity index (χ1) is 6.61. The van der Waals surface area contributed by atoms with E-state index >= 15 is 0 Å². The molecule has 0 amide bonds. The van der Waals surface area contributed by atoms with Gasteiger partial charge in [0.1, 0.15) is 0 Å². The van der Waals surface area contributed by atoms with Crippen molar-refractivity contribution in [3.63, 3.8) is 0 Å². The minimum absolute atomic E-state index is 0.0498. The van der Waals surface area contributed by atoms with Gasteiger partial charge < -0.3 is 0 Å². The lowest BCUT2D eigenvalue weighted by Gasteiger charge is -2.55. The molecule has 78 valence electrons. The van der Waals surface area contributed by atoms with Crippen molar-refractivity contribution < 1.29 is 4.79 Å². The quantitative estimate of drug-likeness (QED) is 0.631. The standard InChI is InChI=1S/C12H19NO/c1-7-11-9-5-4-6-10(9)12(7,8(2)14)13(11)3/h7,9-11H,4-6H2,1-3H3. The normalized spacial score (nSPS) is 55.6. The Morgan fingerprint density at radius 1 is 1.43 bits per heavy atom. The lowest BCUT2D eigenvalue weighted by molar-refractivity contribution is -0.148. The Kier molecular flexibility index (Phi) is 1.53. The zero-order valence-corrected chi connectivity index (χ0v) is 9.29. The maximum absolute atomic E-state index is 11.9. The number of rotatable bonds is 1. The number of hydrogen-bond donors (Lipinski definition) is 0. The second-order valence-electron chi connectivity index (χ2n) is 5.47. The molecule has 2 saturated carbocycles. The van der Waals surface area contributed by atoms with Crippen LogP contribution in [0.3, 0.4) is 0 Å². The van der Waals surface area contributed by atoms with E-state index in [1.165, 1.54) is 19.3 Å². The highest BCUT2D eigenvalue weighted by Gasteiger charge is 2.73. The van der Waals surface area contributed by atoms with Gasteiger partial charge in [0.25, 0.3) is 0 Å². The Morgan fingerprint density at radius 2 is 2.14 bits per heavy atom. The maximum atomic E-state index is 11.9. The van der Waals surface area contributed by atoms with Crippen molar-refractivity contribution in [3.05, 3.63) is 0 Å². The van der Waals surface area contributed by atoms with Crippen molar-refractivity contribution in [3.8, 4) is 0 Å². The smallest absolute Gasteiger partial charge is 0.150 e. The minimum atomic E-state index is -0.0498. The Hall–Kier alpha value is -0.370. The average molecular weight is 193 g/mol. The molecule has 2 aliphatic heterocycles. The van der Waals surface area contributed by atoms with Crippen LogP contribution < -0.4 is 0 Å². The summed E-state index contributed by atoms with van der Waals surface area (Å²) in [7, 11) is 2.16. The van der Waals surface area contributed by atoms with Gasteiger partial charge in [-0.15, -0.1) is 0 Å². The van der Waals surface area contributed by atoms with Crippen LogP contribution in [0, 0.1) is 17.8 Å². The fraction of sp³-hybridized carbons (Fsp3) is 0.917. The minimum Gasteiger partial charge on any atom is -0.298 e. The number of nitrogens with zero attached hydrogens (tertiary/aromatic N) is 1. The van der Waals surface area contributed by atoms with Gasteiger partial charge in [-0.25, -0.2) is 0 Å². The topological polar surface area (TPSA) is 20.3 Å². The molecule has 0 aromatic heterocycles. The zero-order chi connectivity index (χ0) is 10.1. The molecule has 5 atom stereocenters. The van der Waals surface area contributed by atoms with Gasteiger partial charge >= 0.3 is 0 Å². The summed E-state index contributed by atoms with van der Waals surface area (Å²) in [5.41, 5.74) is -0.0498. The average Bonchev–Trinajstić information content (AvgIpc) is 2.67. The van der Waals surface area contributed by atoms with Gasteiger partial charge in [-0.3, -0.25) is 9.69 Å². The molecular formula is C12H19NO. The van der Waals surface area contributed by atoms with E-state index in [0.29, 0.717) is 23.7 Å². The van der Waals surface area contributed by atoms with Crippen molar-refractivity contribution in [2.45, 2.75) is 44.7 Å². The number of carbonyl (C=O) groups is 1. The summed E-state index contributed by atoms with van der Waals surface area (Å²) < 4.78 is 0. The Morgan fingerprint density at radius 3 is 2.71 bits per heavy atom. The molecule has 0 radical (unpaired) electrons. The van der Waals surface area contributed by atoms with Crippen LogP contribution in [0.1, 0.15) is 33.1 Å². The van der Waals surface area contributed by atoms with Crippen molar-refractivity contribution >= 4 is 5.78 Å². The van der Waals surface area contributed by atoms with Crippen LogP contribution in [0.15, 0.2) is 0 Å². The molecule has 4 aliphatic rings. The van der Waals surface area contributed by atoms with E-state index in [1.54, 1.807) is 6.92 Å². The summed E-state index contributed by atoms with van der Waals surface area (Å²) in [6, 6.07) is 0.714. The molecule has 0 aromatic rings. The van der Waals surface area contributed by atoms with Crippen LogP contribution in [-0.4, -0.2) is 29.3 Å². The van der Waals surface area contributed by atoms with Crippen LogP contribution in [-0.2, 0) is 4.79 Å². The first-order valence-electron chi connectivity index (χ1n) is 5.85. The summed E-state index contributed by atoms with van der Waals surface area (Å²) >= 11 is 0. The predicted molar refractivity (Wildman–Crippen MR) is 55.0 cm³/mol. The van der Waals surface area contributed by atoms with Crippen molar-refractivity contribution in [2.24, 2.45) is 17.8 Å². The van der Waals surface area contributed by atoms with E-state index in [0.717, 1.165) is 5.92 Å². The van der Waals surface area contributed by atoms with Crippen LogP contribution in [0.25, 0.3) is 0 Å². The third-order valence-corrected chi connectivity index (χ3v) is 5.37. The van der Waals surface area contributed by atoms with Crippen molar-refractivity contribution in [2.75, 3.05) is 7.05 Å². The largest absolute Gasteiger partial charge is 0.298 e. The summed E-state index contributed by atoms with van der Waals surface area (Å²) in [6.07, 6.45) is 4.00. The Balaban J connectivity index is 2.06. The molecule has 2 bridgehead atoms. The number of ketones is 1. The highest BCUT2D eigenvalue weighted by atomic mass is 16.1. The fourth-order valence-corrected chi connectivity index (χ4v) is 5.11. The van der Waals surface area contributed by atoms with Gasteiger partial charge in [0.05, 0.1) is 5.54 Å². The van der Waals surface area contributed by atoms with Crippen molar-refractivity contribution in [1.29, 1.82) is 0 Å². The van der Waals surface area contributed by atoms with Gasteiger partial charge in [-0.05, 0) is 44.6 Å². The molecule has 4 rings (SSSR count). The lowest BCUT2D eigenvalue weighted by Crippen LogP contribution is -2.69. The molecule has 2 saturated heterocycles. The molecule has 5 unspecified atom stereocenters. The number of likely N-dealkylation sites (N-methyl/N-ethyl adjacent to an activating group) is 1. The number of Topliss-reactive ketones (excluding diaryl/α,β-unsaturated/α-hetero) is 1. The molecule has 0 aromatic carbocycles. The molecule has 0 spiro atoms. The molecule has 0 N–H and O–H groups in total. The van der Waals surface area contributed by atoms with E-state index in [-0.39, 0.29) is 5.54 Å². The second-order valence-corrected chi connectivity index (χ2v) is 5.47. The van der Waals surface area contributed by atoms with E-state index < -0.39 is 0 Å². The van der Waals surface area contributed by atoms with E-state index in [4.69, 9.17) is 0 Å². The van der Waals surface area contributed by atoms with Gasteiger partial charge in [0.15, 0.2) is 5.78 Å². The second kappa shape index (κ2) is 2.41. The summed E-state index contributed by atoms with van der Waals surface area (Å²) in [4.78, 5) is 14.3. The Bertz CT molecular complexity index is 289. The van der Waals surface area contributed by atoms with Crippen LogP contribution in [0.2, 0.25) is 0 Å². The van der Waals surface area contributed by atoms with E-state index in [1.807, 2.05) is 0 Å². The van der Waals surface area contributed by atoms with Gasteiger partial charge in [0.2, 0.25) is 0 Å². The maximum Gasteiger partial charge on any atom is 0.150 e. The highest BCUT2D eigenvalue weighted by molar-refractivity contribution is 5.89. The van der Waals surface area contributed by atoms with Gasteiger partial charge in [-0.2, -0.15) is 0 Å². The first kappa shape index (κ1) is 8.90. The number of hydrogen-bond acceptors (Lipinski definition) is 2. The highest BCUT2D eigenvalue weighted by Crippen LogP contribution is 2.65. The Labute approximate surface area is 85.7 Å². The zero-order valence-electron chi connectivity index (χ0n) is 9.29. The van der Waals surface area contributed by atoms with Gasteiger partial charge in [0, 0.05) is 6.04 Å². The van der Waals surface area contributed by atoms with E-state index in [9.17, 15) is 4.79 Å². The predicted octanol–water partition coefficient (Wildman–Crippen LogP) is 1.69. The first-order valence-corrected chi connectivity index (χ1v) is 5.85. The number of carbonyl (C=O) groups excluding carboxylic acids is 1. The molecule has 2 aliphatic carbocycles. The molecule has 14 heavy (non-hydrogen) atoms. The van der Waals surface area contributed by atoms with Crippen LogP contribution in [0.4, 0.5) is 0 Å². The van der Waals surface area contributed by atoms with Crippen LogP contribution in [0.5, 0.6) is 0 Å². The third kappa shape index (κ3) is 0.631. The molecule has 4 fully saturated rings. The monoisotopic (exact) mass is 193 g/mol. The van der Waals surface area contributed by atoms with Crippen molar-refractivity contribution in [1.82, 2.24) is 4.90 Å².